The highest BCUT2D eigenvalue weighted by Crippen LogP contribution is 2.31. The lowest BCUT2D eigenvalue weighted by atomic mass is 10.1. The minimum atomic E-state index is -0.186. The summed E-state index contributed by atoms with van der Waals surface area (Å²) < 4.78 is 5.47. The summed E-state index contributed by atoms with van der Waals surface area (Å²) in [6.45, 7) is 9.29. The zero-order valence-electron chi connectivity index (χ0n) is 17.8. The molecule has 2 rings (SSSR count). The summed E-state index contributed by atoms with van der Waals surface area (Å²) in [7, 11) is 1.53. The number of para-hydroxylation sites is 1. The van der Waals surface area contributed by atoms with E-state index in [1.165, 1.54) is 7.11 Å². The number of methoxy groups -OCH3 is 1. The van der Waals surface area contributed by atoms with Crippen molar-refractivity contribution in [1.82, 2.24) is 10.2 Å². The summed E-state index contributed by atoms with van der Waals surface area (Å²) in [6.07, 6.45) is 0.366. The van der Waals surface area contributed by atoms with Crippen molar-refractivity contribution in [3.8, 4) is 5.75 Å². The molecule has 0 heterocycles. The molecule has 0 spiro atoms. The number of ether oxygens (including phenoxy) is 1. The van der Waals surface area contributed by atoms with Gasteiger partial charge in [-0.15, -0.1) is 0 Å². The average Bonchev–Trinajstić information content (AvgIpc) is 2.77. The van der Waals surface area contributed by atoms with Gasteiger partial charge in [0.2, 0.25) is 5.91 Å². The van der Waals surface area contributed by atoms with Crippen LogP contribution in [0.4, 0.5) is 11.4 Å². The predicted octanol–water partition coefficient (Wildman–Crippen LogP) is 3.84. The molecule has 2 aromatic carbocycles. The Kier molecular flexibility index (Phi) is 8.68. The minimum absolute atomic E-state index is 0.0327. The molecule has 0 aromatic heterocycles. The number of benzene rings is 2. The Hall–Kier alpha value is -2.86. The summed E-state index contributed by atoms with van der Waals surface area (Å²) in [5.74, 6) is 0.219. The molecule has 0 saturated carbocycles. The van der Waals surface area contributed by atoms with Crippen molar-refractivity contribution < 1.29 is 14.3 Å². The lowest BCUT2D eigenvalue weighted by Gasteiger charge is -2.23. The van der Waals surface area contributed by atoms with Crippen LogP contribution >= 0.6 is 0 Å². The SMILES string of the molecule is CCC(=O)N(c1ccccc1)c1ccc(C(=O)NCCN(CC)CC)c(OC)c1. The number of hydrogen-bond acceptors (Lipinski definition) is 4. The molecule has 0 aliphatic carbocycles. The van der Waals surface area contributed by atoms with Crippen LogP contribution in [0.3, 0.4) is 0 Å². The van der Waals surface area contributed by atoms with Crippen LogP contribution in [0.2, 0.25) is 0 Å². The number of carbonyl (C=O) groups excluding carboxylic acids is 2. The number of rotatable bonds is 10. The number of anilines is 2. The fourth-order valence-electron chi connectivity index (χ4n) is 3.14. The van der Waals surface area contributed by atoms with E-state index in [9.17, 15) is 9.59 Å². The van der Waals surface area contributed by atoms with E-state index in [4.69, 9.17) is 4.74 Å². The van der Waals surface area contributed by atoms with Crippen LogP contribution < -0.4 is 15.0 Å². The van der Waals surface area contributed by atoms with Crippen LogP contribution in [0, 0.1) is 0 Å². The highest BCUT2D eigenvalue weighted by Gasteiger charge is 2.20. The van der Waals surface area contributed by atoms with Gasteiger partial charge in [-0.05, 0) is 37.4 Å². The van der Waals surface area contributed by atoms with Crippen molar-refractivity contribution in [3.05, 3.63) is 54.1 Å². The van der Waals surface area contributed by atoms with Gasteiger partial charge in [-0.2, -0.15) is 0 Å². The molecule has 0 aliphatic heterocycles. The van der Waals surface area contributed by atoms with Crippen molar-refractivity contribution in [3.63, 3.8) is 0 Å². The Labute approximate surface area is 173 Å². The average molecular weight is 398 g/mol. The molecule has 0 aliphatic rings. The summed E-state index contributed by atoms with van der Waals surface area (Å²) in [5, 5.41) is 2.95. The molecule has 0 radical (unpaired) electrons. The standard InChI is InChI=1S/C23H31N3O3/c1-5-22(27)26(18-11-9-8-10-12-18)19-13-14-20(21(17-19)29-4)23(28)24-15-16-25(6-2)7-3/h8-14,17H,5-7,15-16H2,1-4H3,(H,24,28). The molecule has 2 aromatic rings. The first kappa shape index (κ1) is 22.4. The Morgan fingerprint density at radius 2 is 1.66 bits per heavy atom. The molecular weight excluding hydrogens is 366 g/mol. The maximum Gasteiger partial charge on any atom is 0.255 e. The fraction of sp³-hybridized carbons (Fsp3) is 0.391. The van der Waals surface area contributed by atoms with Crippen molar-refractivity contribution in [2.75, 3.05) is 38.2 Å². The zero-order valence-corrected chi connectivity index (χ0v) is 17.8. The Morgan fingerprint density at radius 1 is 0.966 bits per heavy atom. The minimum Gasteiger partial charge on any atom is -0.496 e. The number of nitrogens with one attached hydrogen (secondary N) is 1. The largest absolute Gasteiger partial charge is 0.496 e. The molecule has 6 nitrogen and oxygen atoms in total. The van der Waals surface area contributed by atoms with Crippen molar-refractivity contribution in [2.45, 2.75) is 27.2 Å². The Bertz CT molecular complexity index is 804. The molecule has 0 atom stereocenters. The van der Waals surface area contributed by atoms with Gasteiger partial charge in [-0.1, -0.05) is 39.0 Å². The zero-order chi connectivity index (χ0) is 21.2. The highest BCUT2D eigenvalue weighted by atomic mass is 16.5. The molecule has 156 valence electrons. The van der Waals surface area contributed by atoms with E-state index >= 15 is 0 Å². The number of carbonyl (C=O) groups is 2. The van der Waals surface area contributed by atoms with Crippen LogP contribution in [-0.4, -0.2) is 50.0 Å². The van der Waals surface area contributed by atoms with Gasteiger partial charge in [0.15, 0.2) is 0 Å². The van der Waals surface area contributed by atoms with Crippen LogP contribution in [-0.2, 0) is 4.79 Å². The lowest BCUT2D eigenvalue weighted by molar-refractivity contribution is -0.117. The fourth-order valence-corrected chi connectivity index (χ4v) is 3.14. The van der Waals surface area contributed by atoms with Gasteiger partial charge in [0.05, 0.1) is 18.4 Å². The maximum absolute atomic E-state index is 12.6. The molecule has 29 heavy (non-hydrogen) atoms. The molecular formula is C23H31N3O3. The van der Waals surface area contributed by atoms with Gasteiger partial charge >= 0.3 is 0 Å². The second-order valence-corrected chi connectivity index (χ2v) is 6.59. The molecule has 6 heteroatoms. The van der Waals surface area contributed by atoms with Gasteiger partial charge in [-0.25, -0.2) is 0 Å². The first-order chi connectivity index (χ1) is 14.0. The van der Waals surface area contributed by atoms with E-state index < -0.39 is 0 Å². The summed E-state index contributed by atoms with van der Waals surface area (Å²) in [6, 6.07) is 14.7. The predicted molar refractivity (Wildman–Crippen MR) is 117 cm³/mol. The number of amides is 2. The normalized spacial score (nSPS) is 10.7. The van der Waals surface area contributed by atoms with Gasteiger partial charge in [-0.3, -0.25) is 14.5 Å². The van der Waals surface area contributed by atoms with Crippen LogP contribution in [0.5, 0.6) is 5.75 Å². The number of likely N-dealkylation sites (N-methyl/N-ethyl adjacent to an activating group) is 1. The van der Waals surface area contributed by atoms with Gasteiger partial charge in [0, 0.05) is 31.3 Å². The van der Waals surface area contributed by atoms with Crippen molar-refractivity contribution in [1.29, 1.82) is 0 Å². The van der Waals surface area contributed by atoms with E-state index in [1.807, 2.05) is 37.3 Å². The second kappa shape index (κ2) is 11.2. The highest BCUT2D eigenvalue weighted by molar-refractivity contribution is 6.02. The van der Waals surface area contributed by atoms with Crippen molar-refractivity contribution >= 4 is 23.2 Å². The molecule has 1 N–H and O–H groups in total. The third-order valence-electron chi connectivity index (χ3n) is 4.86. The van der Waals surface area contributed by atoms with Gasteiger partial charge in [0.1, 0.15) is 5.75 Å². The van der Waals surface area contributed by atoms with E-state index in [2.05, 4.69) is 24.1 Å². The molecule has 0 unspecified atom stereocenters. The Morgan fingerprint density at radius 3 is 2.24 bits per heavy atom. The molecule has 0 saturated heterocycles. The van der Waals surface area contributed by atoms with E-state index in [1.54, 1.807) is 23.1 Å². The van der Waals surface area contributed by atoms with E-state index in [-0.39, 0.29) is 11.8 Å². The first-order valence-electron chi connectivity index (χ1n) is 10.1. The maximum atomic E-state index is 12.6. The van der Waals surface area contributed by atoms with E-state index in [0.717, 1.165) is 25.3 Å². The summed E-state index contributed by atoms with van der Waals surface area (Å²) >= 11 is 0. The monoisotopic (exact) mass is 397 g/mol. The van der Waals surface area contributed by atoms with Crippen molar-refractivity contribution in [2.24, 2.45) is 0 Å². The third kappa shape index (κ3) is 5.81. The third-order valence-corrected chi connectivity index (χ3v) is 4.86. The van der Waals surface area contributed by atoms with Crippen LogP contribution in [0.15, 0.2) is 48.5 Å². The summed E-state index contributed by atoms with van der Waals surface area (Å²) in [5.41, 5.74) is 1.89. The quantitative estimate of drug-likeness (QED) is 0.662. The van der Waals surface area contributed by atoms with Crippen LogP contribution in [0.25, 0.3) is 0 Å². The smallest absolute Gasteiger partial charge is 0.255 e. The molecule has 0 bridgehead atoms. The number of hydrogen-bond donors (Lipinski definition) is 1. The van der Waals surface area contributed by atoms with Gasteiger partial charge in [0.25, 0.3) is 5.91 Å². The first-order valence-corrected chi connectivity index (χ1v) is 10.1. The topological polar surface area (TPSA) is 61.9 Å². The molecule has 2 amide bonds. The second-order valence-electron chi connectivity index (χ2n) is 6.59. The Balaban J connectivity index is 2.24. The van der Waals surface area contributed by atoms with Gasteiger partial charge < -0.3 is 15.0 Å². The lowest BCUT2D eigenvalue weighted by Crippen LogP contribution is -2.35. The number of nitrogens with zero attached hydrogens (tertiary/aromatic N) is 2. The summed E-state index contributed by atoms with van der Waals surface area (Å²) in [4.78, 5) is 29.1. The molecule has 0 fully saturated rings. The van der Waals surface area contributed by atoms with Crippen LogP contribution in [0.1, 0.15) is 37.6 Å². The van der Waals surface area contributed by atoms with E-state index in [0.29, 0.717) is 30.0 Å².